The van der Waals surface area contributed by atoms with Gasteiger partial charge in [0.1, 0.15) is 19.0 Å². The van der Waals surface area contributed by atoms with Gasteiger partial charge in [-0.2, -0.15) is 8.42 Å². The Labute approximate surface area is 237 Å². The zero-order valence-corrected chi connectivity index (χ0v) is 22.7. The molecule has 2 heterocycles. The van der Waals surface area contributed by atoms with Crippen molar-refractivity contribution in [2.75, 3.05) is 5.73 Å². The van der Waals surface area contributed by atoms with Gasteiger partial charge in [-0.15, -0.1) is 0 Å². The predicted octanol–water partition coefficient (Wildman–Crippen LogP) is 0.625. The summed E-state index contributed by atoms with van der Waals surface area (Å²) in [4.78, 5) is 29.4. The van der Waals surface area contributed by atoms with E-state index in [-0.39, 0.29) is 61.3 Å². The number of nitrogens with one attached hydrogen (secondary N) is 1. The molecule has 12 heteroatoms. The third kappa shape index (κ3) is 7.20. The zero-order valence-electron chi connectivity index (χ0n) is 20.9. The van der Waals surface area contributed by atoms with Gasteiger partial charge in [0.2, 0.25) is 0 Å². The quantitative estimate of drug-likeness (QED) is 0.249. The number of carbonyl (C=O) groups is 2. The number of nitrogens with two attached hydrogens (primary N) is 1. The molecule has 0 spiro atoms. The van der Waals surface area contributed by atoms with Crippen LogP contribution in [0.4, 0.5) is 10.6 Å². The first-order valence-corrected chi connectivity index (χ1v) is 12.2. The molecule has 0 radical (unpaired) electrons. The van der Waals surface area contributed by atoms with E-state index in [1.807, 2.05) is 10.8 Å². The molecule has 10 nitrogen and oxygen atoms in total. The van der Waals surface area contributed by atoms with E-state index in [1.165, 1.54) is 18.3 Å². The van der Waals surface area contributed by atoms with Crippen molar-refractivity contribution in [3.8, 4) is 11.1 Å². The largest absolute Gasteiger partial charge is 1.00 e. The third-order valence-corrected chi connectivity index (χ3v) is 6.29. The van der Waals surface area contributed by atoms with E-state index >= 15 is 0 Å². The predicted molar refractivity (Wildman–Crippen MR) is 133 cm³/mol. The van der Waals surface area contributed by atoms with E-state index in [4.69, 9.17) is 15.2 Å². The van der Waals surface area contributed by atoms with Crippen LogP contribution in [0.2, 0.25) is 0 Å². The number of ether oxygens (including phenoxy) is 2. The minimum atomic E-state index is -4.57. The van der Waals surface area contributed by atoms with Crippen molar-refractivity contribution in [3.05, 3.63) is 108 Å². The summed E-state index contributed by atoms with van der Waals surface area (Å²) in [5.74, 6) is -0.666. The standard InChI is InChI=1S/C25H22N4O6S.Na.H/c26-22-12-11-20(15-27-22)21-13-14-29(23(21)24(30)34-16-18-7-3-1-4-8-18)36(32,33)28-25(31)35-17-19-9-5-2-6-10-19;;/h1-15H,16-17H2,(H2,26,27)(H,28,31);;/q;+1;-1. The molecular weight excluding hydrogens is 507 g/mol. The summed E-state index contributed by atoms with van der Waals surface area (Å²) >= 11 is 0. The van der Waals surface area contributed by atoms with Crippen LogP contribution in [0.5, 0.6) is 0 Å². The molecule has 37 heavy (non-hydrogen) atoms. The van der Waals surface area contributed by atoms with E-state index < -0.39 is 22.3 Å². The van der Waals surface area contributed by atoms with Crippen molar-refractivity contribution >= 4 is 28.1 Å². The van der Waals surface area contributed by atoms with Gasteiger partial charge in [-0.25, -0.2) is 23.3 Å². The normalized spacial score (nSPS) is 10.7. The number of nitrogen functional groups attached to an aromatic ring is 1. The Balaban J connectivity index is 0.00000253. The van der Waals surface area contributed by atoms with Crippen molar-refractivity contribution in [1.29, 1.82) is 0 Å². The summed E-state index contributed by atoms with van der Waals surface area (Å²) in [7, 11) is -4.57. The number of carbonyl (C=O) groups excluding carboxylic acids is 2. The average molecular weight is 531 g/mol. The maximum absolute atomic E-state index is 13.1. The van der Waals surface area contributed by atoms with Crippen LogP contribution >= 0.6 is 0 Å². The smallest absolute Gasteiger partial charge is 1.00 e. The number of esters is 1. The molecule has 0 atom stereocenters. The van der Waals surface area contributed by atoms with Crippen LogP contribution < -0.4 is 40.0 Å². The van der Waals surface area contributed by atoms with E-state index in [0.29, 0.717) is 20.7 Å². The van der Waals surface area contributed by atoms with Gasteiger partial charge in [0.05, 0.1) is 0 Å². The fraction of sp³-hybridized carbons (Fsp3) is 0.0800. The van der Waals surface area contributed by atoms with Crippen molar-refractivity contribution in [2.45, 2.75) is 13.2 Å². The van der Waals surface area contributed by atoms with Crippen LogP contribution in [0.3, 0.4) is 0 Å². The number of aromatic nitrogens is 2. The molecule has 0 fully saturated rings. The summed E-state index contributed by atoms with van der Waals surface area (Å²) in [6, 6.07) is 22.2. The Morgan fingerprint density at radius 3 is 2.05 bits per heavy atom. The van der Waals surface area contributed by atoms with Gasteiger partial charge in [-0.3, -0.25) is 0 Å². The van der Waals surface area contributed by atoms with Crippen LogP contribution in [-0.4, -0.2) is 29.4 Å². The molecule has 0 aliphatic rings. The minimum Gasteiger partial charge on any atom is -1.00 e. The Morgan fingerprint density at radius 2 is 1.49 bits per heavy atom. The van der Waals surface area contributed by atoms with Gasteiger partial charge >= 0.3 is 51.8 Å². The Kier molecular flexibility index (Phi) is 9.48. The Bertz CT molecular complexity index is 1470. The maximum Gasteiger partial charge on any atom is 1.00 e. The second-order valence-electron chi connectivity index (χ2n) is 7.58. The van der Waals surface area contributed by atoms with E-state index in [0.717, 1.165) is 6.20 Å². The van der Waals surface area contributed by atoms with Crippen LogP contribution in [0.25, 0.3) is 11.1 Å². The van der Waals surface area contributed by atoms with E-state index in [1.54, 1.807) is 60.7 Å². The molecule has 2 aromatic carbocycles. The van der Waals surface area contributed by atoms with Gasteiger partial charge in [0.15, 0.2) is 5.69 Å². The van der Waals surface area contributed by atoms with Crippen molar-refractivity contribution in [1.82, 2.24) is 13.7 Å². The molecule has 4 aromatic rings. The maximum atomic E-state index is 13.1. The first-order chi connectivity index (χ1) is 17.3. The SMILES string of the molecule is Nc1ccc(-c2ccn(S(=O)(=O)NC(=O)OCc3ccccc3)c2C(=O)OCc2ccccc2)cn1.[H-].[Na+]. The number of benzene rings is 2. The van der Waals surface area contributed by atoms with Gasteiger partial charge in [-0.05, 0) is 29.3 Å². The molecule has 3 N–H and O–H groups in total. The third-order valence-electron chi connectivity index (χ3n) is 5.04. The number of amides is 1. The summed E-state index contributed by atoms with van der Waals surface area (Å²) in [5.41, 5.74) is 7.37. The monoisotopic (exact) mass is 530 g/mol. The topological polar surface area (TPSA) is 143 Å². The number of anilines is 1. The number of rotatable bonds is 8. The Morgan fingerprint density at radius 1 is 0.892 bits per heavy atom. The fourth-order valence-electron chi connectivity index (χ4n) is 3.31. The molecular formula is C25H23N4NaO6S. The molecule has 186 valence electrons. The van der Waals surface area contributed by atoms with Crippen molar-refractivity contribution in [2.24, 2.45) is 0 Å². The average Bonchev–Trinajstić information content (AvgIpc) is 3.34. The van der Waals surface area contributed by atoms with E-state index in [2.05, 4.69) is 4.98 Å². The molecule has 0 unspecified atom stereocenters. The molecule has 2 aromatic heterocycles. The molecule has 0 saturated heterocycles. The number of pyridine rings is 1. The summed E-state index contributed by atoms with van der Waals surface area (Å²) in [5, 5.41) is 0. The van der Waals surface area contributed by atoms with Crippen LogP contribution in [0.1, 0.15) is 23.0 Å². The summed E-state index contributed by atoms with van der Waals surface area (Å²) in [6.45, 7) is -0.223. The second kappa shape index (κ2) is 12.5. The first-order valence-electron chi connectivity index (χ1n) is 10.7. The van der Waals surface area contributed by atoms with Crippen LogP contribution in [-0.2, 0) is 32.9 Å². The molecule has 0 aliphatic heterocycles. The van der Waals surface area contributed by atoms with Gasteiger partial charge in [0, 0.05) is 23.5 Å². The molecule has 1 amide bonds. The summed E-state index contributed by atoms with van der Waals surface area (Å²) < 4.78 is 39.0. The molecule has 0 saturated carbocycles. The van der Waals surface area contributed by atoms with Crippen molar-refractivity contribution in [3.63, 3.8) is 0 Å². The fourth-order valence-corrected chi connectivity index (χ4v) is 4.31. The second-order valence-corrected chi connectivity index (χ2v) is 9.12. The molecule has 0 bridgehead atoms. The van der Waals surface area contributed by atoms with Crippen molar-refractivity contribution < 1.29 is 58.5 Å². The van der Waals surface area contributed by atoms with Gasteiger partial charge < -0.3 is 16.6 Å². The summed E-state index contributed by atoms with van der Waals surface area (Å²) in [6.07, 6.45) is 1.33. The first kappa shape index (κ1) is 27.9. The molecule has 0 aliphatic carbocycles. The number of nitrogens with zero attached hydrogens (tertiary/aromatic N) is 2. The van der Waals surface area contributed by atoms with Crippen LogP contribution in [0, 0.1) is 0 Å². The number of hydrogen-bond donors (Lipinski definition) is 2. The number of hydrogen-bond acceptors (Lipinski definition) is 8. The zero-order chi connectivity index (χ0) is 25.5. The minimum absolute atomic E-state index is 0. The van der Waals surface area contributed by atoms with Gasteiger partial charge in [0.25, 0.3) is 0 Å². The molecule has 4 rings (SSSR count). The van der Waals surface area contributed by atoms with Gasteiger partial charge in [-0.1, -0.05) is 60.7 Å². The van der Waals surface area contributed by atoms with Crippen LogP contribution in [0.15, 0.2) is 91.3 Å². The Hall–Kier alpha value is -3.64. The van der Waals surface area contributed by atoms with E-state index in [9.17, 15) is 18.0 Å².